The van der Waals surface area contributed by atoms with Crippen molar-refractivity contribution >= 4 is 23.7 Å². The number of rotatable bonds is 8. The van der Waals surface area contributed by atoms with Crippen molar-refractivity contribution in [3.63, 3.8) is 0 Å². The molecule has 1 heterocycles. The molecule has 9 heteroatoms. The second kappa shape index (κ2) is 10.7. The highest BCUT2D eigenvalue weighted by molar-refractivity contribution is 8.00. The Hall–Kier alpha value is -3.20. The lowest BCUT2D eigenvalue weighted by Gasteiger charge is -2.14. The number of carbonyl (C=O) groups excluding carboxylic acids is 2. The first-order valence-corrected chi connectivity index (χ1v) is 10.8. The van der Waals surface area contributed by atoms with Crippen LogP contribution in [0.5, 0.6) is 0 Å². The lowest BCUT2D eigenvalue weighted by Crippen LogP contribution is -2.42. The van der Waals surface area contributed by atoms with Crippen molar-refractivity contribution in [1.82, 2.24) is 25.4 Å². The maximum absolute atomic E-state index is 14.4. The number of nitrogens with one attached hydrogen (secondary N) is 2. The minimum absolute atomic E-state index is 0.342. The van der Waals surface area contributed by atoms with Crippen molar-refractivity contribution in [2.45, 2.75) is 37.2 Å². The van der Waals surface area contributed by atoms with Crippen LogP contribution in [0.1, 0.15) is 19.4 Å². The van der Waals surface area contributed by atoms with Gasteiger partial charge < -0.3 is 9.88 Å². The number of halogens is 1. The zero-order valence-electron chi connectivity index (χ0n) is 17.3. The van der Waals surface area contributed by atoms with E-state index >= 15 is 0 Å². The van der Waals surface area contributed by atoms with Crippen LogP contribution in [0.25, 0.3) is 11.4 Å². The van der Waals surface area contributed by atoms with E-state index in [2.05, 4.69) is 20.8 Å². The maximum atomic E-state index is 14.4. The molecule has 162 valence electrons. The van der Waals surface area contributed by atoms with Crippen molar-refractivity contribution in [2.75, 3.05) is 6.54 Å². The zero-order valence-corrected chi connectivity index (χ0v) is 18.2. The molecule has 1 atom stereocenters. The van der Waals surface area contributed by atoms with E-state index in [1.165, 1.54) is 17.8 Å². The highest BCUT2D eigenvalue weighted by Gasteiger charge is 2.23. The largest absolute Gasteiger partial charge is 0.338 e. The Morgan fingerprint density at radius 3 is 2.52 bits per heavy atom. The topological polar surface area (TPSA) is 88.9 Å². The third-order valence-corrected chi connectivity index (χ3v) is 5.60. The summed E-state index contributed by atoms with van der Waals surface area (Å²) in [7, 11) is 0. The van der Waals surface area contributed by atoms with Gasteiger partial charge in [0.15, 0.2) is 11.0 Å². The van der Waals surface area contributed by atoms with Gasteiger partial charge in [-0.25, -0.2) is 9.18 Å². The van der Waals surface area contributed by atoms with E-state index in [4.69, 9.17) is 0 Å². The first kappa shape index (κ1) is 22.5. The second-order valence-electron chi connectivity index (χ2n) is 6.78. The Labute approximate surface area is 184 Å². The monoisotopic (exact) mass is 441 g/mol. The summed E-state index contributed by atoms with van der Waals surface area (Å²) in [6, 6.07) is 15.7. The molecule has 0 saturated carbocycles. The molecule has 0 bridgehead atoms. The summed E-state index contributed by atoms with van der Waals surface area (Å²) in [5.41, 5.74) is 1.46. The van der Waals surface area contributed by atoms with E-state index in [0.717, 1.165) is 5.56 Å². The molecule has 0 radical (unpaired) electrons. The first-order chi connectivity index (χ1) is 15.0. The van der Waals surface area contributed by atoms with Gasteiger partial charge >= 0.3 is 6.03 Å². The quantitative estimate of drug-likeness (QED) is 0.521. The molecule has 2 N–H and O–H groups in total. The van der Waals surface area contributed by atoms with Gasteiger partial charge in [-0.1, -0.05) is 54.2 Å². The van der Waals surface area contributed by atoms with Crippen LogP contribution in [-0.4, -0.2) is 38.5 Å². The van der Waals surface area contributed by atoms with Gasteiger partial charge in [-0.3, -0.25) is 10.1 Å². The van der Waals surface area contributed by atoms with Crippen molar-refractivity contribution < 1.29 is 14.0 Å². The Balaban J connectivity index is 1.84. The minimum Gasteiger partial charge on any atom is -0.338 e. The minimum atomic E-state index is -0.601. The van der Waals surface area contributed by atoms with Gasteiger partial charge in [0.1, 0.15) is 5.82 Å². The number of imide groups is 1. The predicted molar refractivity (Wildman–Crippen MR) is 118 cm³/mol. The van der Waals surface area contributed by atoms with Crippen LogP contribution in [0.4, 0.5) is 9.18 Å². The van der Waals surface area contributed by atoms with E-state index in [-0.39, 0.29) is 0 Å². The third kappa shape index (κ3) is 5.91. The molecule has 1 unspecified atom stereocenters. The summed E-state index contributed by atoms with van der Waals surface area (Å²) in [5.74, 6) is -0.441. The van der Waals surface area contributed by atoms with Crippen LogP contribution in [-0.2, 0) is 17.8 Å². The number of urea groups is 1. The molecule has 3 amide bonds. The molecule has 31 heavy (non-hydrogen) atoms. The standard InChI is InChI=1S/C22H24FN5O2S/c1-3-24-21(30)25-20(29)15(2)31-22-27-26-19(17-11-7-8-12-18(17)23)28(22)14-13-16-9-5-4-6-10-16/h4-12,15H,3,13-14H2,1-2H3,(H2,24,25,29,30). The average Bonchev–Trinajstić information content (AvgIpc) is 3.15. The summed E-state index contributed by atoms with van der Waals surface area (Å²) >= 11 is 1.17. The van der Waals surface area contributed by atoms with Crippen LogP contribution in [0.15, 0.2) is 59.8 Å². The fraction of sp³-hybridized carbons (Fsp3) is 0.273. The second-order valence-corrected chi connectivity index (χ2v) is 8.09. The van der Waals surface area contributed by atoms with Crippen molar-refractivity contribution in [3.8, 4) is 11.4 Å². The number of amides is 3. The SMILES string of the molecule is CCNC(=O)NC(=O)C(C)Sc1nnc(-c2ccccc2F)n1CCc1ccccc1. The third-order valence-electron chi connectivity index (χ3n) is 4.52. The number of carbonyl (C=O) groups is 2. The van der Waals surface area contributed by atoms with Crippen molar-refractivity contribution in [2.24, 2.45) is 0 Å². The zero-order chi connectivity index (χ0) is 22.2. The number of thioether (sulfide) groups is 1. The van der Waals surface area contributed by atoms with Gasteiger partial charge in [-0.05, 0) is 38.0 Å². The van der Waals surface area contributed by atoms with Gasteiger partial charge in [0.05, 0.1) is 10.8 Å². The molecule has 0 aliphatic rings. The molecule has 0 aliphatic carbocycles. The normalized spacial score (nSPS) is 11.7. The summed E-state index contributed by atoms with van der Waals surface area (Å²) in [6.07, 6.45) is 0.688. The van der Waals surface area contributed by atoms with Gasteiger partial charge in [0.2, 0.25) is 5.91 Å². The van der Waals surface area contributed by atoms with E-state index in [1.54, 1.807) is 32.0 Å². The van der Waals surface area contributed by atoms with Gasteiger partial charge in [-0.2, -0.15) is 0 Å². The van der Waals surface area contributed by atoms with E-state index < -0.39 is 23.0 Å². The highest BCUT2D eigenvalue weighted by atomic mass is 32.2. The molecule has 3 aromatic rings. The summed E-state index contributed by atoms with van der Waals surface area (Å²) in [5, 5.41) is 13.1. The number of aromatic nitrogens is 3. The molecule has 0 aliphatic heterocycles. The van der Waals surface area contributed by atoms with Crippen LogP contribution in [0.2, 0.25) is 0 Å². The fourth-order valence-corrected chi connectivity index (χ4v) is 3.81. The summed E-state index contributed by atoms with van der Waals surface area (Å²) in [6.45, 7) is 4.37. The summed E-state index contributed by atoms with van der Waals surface area (Å²) < 4.78 is 16.2. The predicted octanol–water partition coefficient (Wildman–Crippen LogP) is 3.65. The molecule has 7 nitrogen and oxygen atoms in total. The molecule has 1 aromatic heterocycles. The fourth-order valence-electron chi connectivity index (χ4n) is 2.93. The van der Waals surface area contributed by atoms with Gasteiger partial charge in [-0.15, -0.1) is 10.2 Å². The van der Waals surface area contributed by atoms with Crippen molar-refractivity contribution in [1.29, 1.82) is 0 Å². The highest BCUT2D eigenvalue weighted by Crippen LogP contribution is 2.28. The molecular formula is C22H24FN5O2S. The molecule has 0 spiro atoms. The Morgan fingerprint density at radius 1 is 1.10 bits per heavy atom. The van der Waals surface area contributed by atoms with Crippen molar-refractivity contribution in [3.05, 3.63) is 66.0 Å². The lowest BCUT2D eigenvalue weighted by molar-refractivity contribution is -0.119. The number of benzene rings is 2. The number of hydrogen-bond donors (Lipinski definition) is 2. The lowest BCUT2D eigenvalue weighted by atomic mass is 10.1. The Kier molecular flexibility index (Phi) is 7.77. The molecule has 0 fully saturated rings. The summed E-state index contributed by atoms with van der Waals surface area (Å²) in [4.78, 5) is 24.0. The molecule has 3 rings (SSSR count). The Morgan fingerprint density at radius 2 is 1.81 bits per heavy atom. The van der Waals surface area contributed by atoms with E-state index in [1.807, 2.05) is 34.9 Å². The van der Waals surface area contributed by atoms with Crippen LogP contribution < -0.4 is 10.6 Å². The molecule has 2 aromatic carbocycles. The number of hydrogen-bond acceptors (Lipinski definition) is 5. The Bertz CT molecular complexity index is 1040. The molecule has 0 saturated heterocycles. The maximum Gasteiger partial charge on any atom is 0.321 e. The average molecular weight is 442 g/mol. The van der Waals surface area contributed by atoms with E-state index in [0.29, 0.717) is 36.1 Å². The van der Waals surface area contributed by atoms with Crippen LogP contribution >= 0.6 is 11.8 Å². The molecular weight excluding hydrogens is 417 g/mol. The number of aryl methyl sites for hydroxylation is 1. The van der Waals surface area contributed by atoms with Gasteiger partial charge in [0, 0.05) is 13.1 Å². The van der Waals surface area contributed by atoms with Gasteiger partial charge in [0.25, 0.3) is 0 Å². The van der Waals surface area contributed by atoms with Crippen LogP contribution in [0, 0.1) is 5.82 Å². The first-order valence-electron chi connectivity index (χ1n) is 9.97. The smallest absolute Gasteiger partial charge is 0.321 e. The van der Waals surface area contributed by atoms with E-state index in [9.17, 15) is 14.0 Å². The number of nitrogens with zero attached hydrogens (tertiary/aromatic N) is 3. The van der Waals surface area contributed by atoms with Crippen LogP contribution in [0.3, 0.4) is 0 Å².